The lowest BCUT2D eigenvalue weighted by Gasteiger charge is -2.06. The zero-order valence-electron chi connectivity index (χ0n) is 11.2. The van der Waals surface area contributed by atoms with E-state index in [9.17, 15) is 4.79 Å². The lowest BCUT2D eigenvalue weighted by Crippen LogP contribution is -2.14. The molecule has 1 aliphatic rings. The number of carbonyl (C=O) groups excluding carboxylic acids is 1. The summed E-state index contributed by atoms with van der Waals surface area (Å²) in [5.74, 6) is 1.54. The fraction of sp³-hybridized carbons (Fsp3) is 0.188. The second-order valence-corrected chi connectivity index (χ2v) is 5.26. The number of rotatable bonds is 3. The third-order valence-corrected chi connectivity index (χ3v) is 3.64. The third-order valence-electron chi connectivity index (χ3n) is 3.64. The maximum absolute atomic E-state index is 11.8. The van der Waals surface area contributed by atoms with Gasteiger partial charge in [0, 0.05) is 23.1 Å². The first-order valence-corrected chi connectivity index (χ1v) is 6.89. The van der Waals surface area contributed by atoms with Gasteiger partial charge in [-0.15, -0.1) is 0 Å². The number of hydrogen-bond donors (Lipinski definition) is 1. The Labute approximate surface area is 121 Å². The number of nitrogens with one attached hydrogen (secondary N) is 1. The average molecular weight is 279 g/mol. The van der Waals surface area contributed by atoms with E-state index in [1.807, 2.05) is 24.3 Å². The summed E-state index contributed by atoms with van der Waals surface area (Å²) in [6.07, 6.45) is 6.82. The molecule has 1 aliphatic carbocycles. The number of anilines is 1. The second kappa shape index (κ2) is 4.70. The van der Waals surface area contributed by atoms with Crippen molar-refractivity contribution in [3.8, 4) is 11.3 Å². The number of aromatic nitrogens is 2. The Morgan fingerprint density at radius 3 is 2.86 bits per heavy atom. The van der Waals surface area contributed by atoms with E-state index in [2.05, 4.69) is 15.3 Å². The van der Waals surface area contributed by atoms with Crippen LogP contribution in [0.5, 0.6) is 0 Å². The van der Waals surface area contributed by atoms with Crippen LogP contribution < -0.4 is 5.32 Å². The van der Waals surface area contributed by atoms with Crippen LogP contribution in [0.25, 0.3) is 22.1 Å². The fourth-order valence-electron chi connectivity index (χ4n) is 2.29. The van der Waals surface area contributed by atoms with Crippen molar-refractivity contribution in [1.29, 1.82) is 0 Å². The first-order chi connectivity index (χ1) is 10.3. The first kappa shape index (κ1) is 12.1. The molecule has 1 N–H and O–H groups in total. The van der Waals surface area contributed by atoms with Crippen molar-refractivity contribution in [2.45, 2.75) is 12.8 Å². The maximum atomic E-state index is 11.8. The molecule has 0 unspecified atom stereocenters. The van der Waals surface area contributed by atoms with Gasteiger partial charge in [0.05, 0.1) is 6.20 Å². The van der Waals surface area contributed by atoms with Crippen LogP contribution in [0.4, 0.5) is 5.82 Å². The standard InChI is InChI=1S/C16H13N3O2/c20-16(10-1-2-10)19-15-6-13-5-11(14-8-17-9-21-14)3-4-12(13)7-18-15/h3-10H,1-2H2,(H,18,19,20). The van der Waals surface area contributed by atoms with Gasteiger partial charge in [-0.25, -0.2) is 9.97 Å². The van der Waals surface area contributed by atoms with Gasteiger partial charge in [-0.1, -0.05) is 12.1 Å². The van der Waals surface area contributed by atoms with Crippen LogP contribution in [0.2, 0.25) is 0 Å². The highest BCUT2D eigenvalue weighted by Gasteiger charge is 2.29. The van der Waals surface area contributed by atoms with E-state index < -0.39 is 0 Å². The van der Waals surface area contributed by atoms with Crippen molar-refractivity contribution < 1.29 is 9.21 Å². The highest BCUT2D eigenvalue weighted by atomic mass is 16.3. The minimum Gasteiger partial charge on any atom is -0.444 e. The zero-order valence-corrected chi connectivity index (χ0v) is 11.2. The van der Waals surface area contributed by atoms with E-state index in [0.717, 1.165) is 34.9 Å². The molecule has 2 aromatic heterocycles. The third kappa shape index (κ3) is 2.38. The molecule has 21 heavy (non-hydrogen) atoms. The van der Waals surface area contributed by atoms with E-state index >= 15 is 0 Å². The molecule has 2 heterocycles. The monoisotopic (exact) mass is 279 g/mol. The van der Waals surface area contributed by atoms with E-state index in [-0.39, 0.29) is 11.8 Å². The van der Waals surface area contributed by atoms with Crippen molar-refractivity contribution in [2.75, 3.05) is 5.32 Å². The topological polar surface area (TPSA) is 68.0 Å². The molecular formula is C16H13N3O2. The maximum Gasteiger partial charge on any atom is 0.228 e. The quantitative estimate of drug-likeness (QED) is 0.799. The van der Waals surface area contributed by atoms with Crippen molar-refractivity contribution in [3.63, 3.8) is 0 Å². The SMILES string of the molecule is O=C(Nc1cc2cc(-c3cnco3)ccc2cn1)C1CC1. The smallest absolute Gasteiger partial charge is 0.228 e. The number of fused-ring (bicyclic) bond motifs is 1. The summed E-state index contributed by atoms with van der Waals surface area (Å²) >= 11 is 0. The number of benzene rings is 1. The van der Waals surface area contributed by atoms with Crippen molar-refractivity contribution >= 4 is 22.5 Å². The Balaban J connectivity index is 1.69. The Morgan fingerprint density at radius 1 is 1.19 bits per heavy atom. The molecule has 0 radical (unpaired) electrons. The fourth-order valence-corrected chi connectivity index (χ4v) is 2.29. The molecule has 104 valence electrons. The molecule has 0 saturated heterocycles. The molecule has 5 heteroatoms. The normalized spacial score (nSPS) is 14.3. The Morgan fingerprint density at radius 2 is 2.10 bits per heavy atom. The lowest BCUT2D eigenvalue weighted by molar-refractivity contribution is -0.117. The molecule has 3 aromatic rings. The predicted molar refractivity (Wildman–Crippen MR) is 78.6 cm³/mol. The minimum absolute atomic E-state index is 0.0632. The molecule has 1 saturated carbocycles. The summed E-state index contributed by atoms with van der Waals surface area (Å²) in [4.78, 5) is 20.0. The van der Waals surface area contributed by atoms with Crippen molar-refractivity contribution in [3.05, 3.63) is 43.1 Å². The molecule has 1 amide bonds. The molecule has 0 bridgehead atoms. The molecule has 5 nitrogen and oxygen atoms in total. The van der Waals surface area contributed by atoms with Crippen LogP contribution in [-0.2, 0) is 4.79 Å². The molecular weight excluding hydrogens is 266 g/mol. The number of nitrogens with zero attached hydrogens (tertiary/aromatic N) is 2. The number of hydrogen-bond acceptors (Lipinski definition) is 4. The van der Waals surface area contributed by atoms with Crippen LogP contribution in [0.15, 0.2) is 47.5 Å². The van der Waals surface area contributed by atoms with Crippen molar-refractivity contribution in [2.24, 2.45) is 5.92 Å². The zero-order chi connectivity index (χ0) is 14.2. The van der Waals surface area contributed by atoms with Gasteiger partial charge < -0.3 is 9.73 Å². The predicted octanol–water partition coefficient (Wildman–Crippen LogP) is 3.24. The second-order valence-electron chi connectivity index (χ2n) is 5.26. The Hall–Kier alpha value is -2.69. The van der Waals surface area contributed by atoms with Gasteiger partial charge in [0.25, 0.3) is 0 Å². The molecule has 0 spiro atoms. The summed E-state index contributed by atoms with van der Waals surface area (Å²) in [6.45, 7) is 0. The molecule has 1 fully saturated rings. The highest BCUT2D eigenvalue weighted by molar-refractivity contribution is 5.95. The van der Waals surface area contributed by atoms with Crippen LogP contribution in [-0.4, -0.2) is 15.9 Å². The van der Waals surface area contributed by atoms with Gasteiger partial charge in [0.1, 0.15) is 5.82 Å². The lowest BCUT2D eigenvalue weighted by atomic mass is 10.1. The highest BCUT2D eigenvalue weighted by Crippen LogP contribution is 2.30. The van der Waals surface area contributed by atoms with E-state index in [1.165, 1.54) is 6.39 Å². The summed E-state index contributed by atoms with van der Waals surface area (Å²) in [5, 5.41) is 4.89. The summed E-state index contributed by atoms with van der Waals surface area (Å²) in [5.41, 5.74) is 0.950. The van der Waals surface area contributed by atoms with E-state index in [4.69, 9.17) is 4.42 Å². The van der Waals surface area contributed by atoms with Crippen molar-refractivity contribution in [1.82, 2.24) is 9.97 Å². The molecule has 4 rings (SSSR count). The number of carbonyl (C=O) groups is 1. The van der Waals surface area contributed by atoms with Gasteiger partial charge in [0.15, 0.2) is 12.2 Å². The van der Waals surface area contributed by atoms with Gasteiger partial charge in [-0.05, 0) is 30.4 Å². The van der Waals surface area contributed by atoms with Gasteiger partial charge >= 0.3 is 0 Å². The number of oxazole rings is 1. The summed E-state index contributed by atoms with van der Waals surface area (Å²) in [6, 6.07) is 7.83. The molecule has 0 atom stereocenters. The van der Waals surface area contributed by atoms with Crippen LogP contribution in [0, 0.1) is 5.92 Å². The van der Waals surface area contributed by atoms with Crippen LogP contribution in [0.1, 0.15) is 12.8 Å². The van der Waals surface area contributed by atoms with Gasteiger partial charge in [-0.2, -0.15) is 0 Å². The Bertz CT molecular complexity index is 808. The number of amides is 1. The average Bonchev–Trinajstić information content (AvgIpc) is 3.22. The molecule has 1 aromatic carbocycles. The van der Waals surface area contributed by atoms with Crippen LogP contribution in [0.3, 0.4) is 0 Å². The van der Waals surface area contributed by atoms with E-state index in [1.54, 1.807) is 12.4 Å². The first-order valence-electron chi connectivity index (χ1n) is 6.89. The van der Waals surface area contributed by atoms with E-state index in [0.29, 0.717) is 5.82 Å². The largest absolute Gasteiger partial charge is 0.444 e. The Kier molecular flexibility index (Phi) is 2.70. The summed E-state index contributed by atoms with van der Waals surface area (Å²) in [7, 11) is 0. The summed E-state index contributed by atoms with van der Waals surface area (Å²) < 4.78 is 5.31. The number of pyridine rings is 1. The van der Waals surface area contributed by atoms with Gasteiger partial charge in [0.2, 0.25) is 5.91 Å². The van der Waals surface area contributed by atoms with Crippen LogP contribution >= 0.6 is 0 Å². The molecule has 0 aliphatic heterocycles. The minimum atomic E-state index is 0.0632. The van der Waals surface area contributed by atoms with Gasteiger partial charge in [-0.3, -0.25) is 4.79 Å².